The van der Waals surface area contributed by atoms with E-state index < -0.39 is 22.3 Å². The Balaban J connectivity index is 2.59. The van der Waals surface area contributed by atoms with Crippen LogP contribution in [0, 0.1) is 10.1 Å². The van der Waals surface area contributed by atoms with Gasteiger partial charge in [0.2, 0.25) is 5.75 Å². The number of aromatic carboxylic acids is 1. The average Bonchev–Trinajstić information content (AvgIpc) is 2.38. The highest BCUT2D eigenvalue weighted by Gasteiger charge is 2.17. The number of benzene rings is 2. The van der Waals surface area contributed by atoms with Crippen LogP contribution in [-0.4, -0.2) is 21.1 Å². The Labute approximate surface area is 107 Å². The van der Waals surface area contributed by atoms with E-state index in [1.807, 2.05) is 0 Å². The van der Waals surface area contributed by atoms with Crippen LogP contribution in [0.15, 0.2) is 42.5 Å². The zero-order valence-corrected chi connectivity index (χ0v) is 9.61. The molecule has 2 aromatic rings. The number of carboxylic acids is 1. The van der Waals surface area contributed by atoms with Crippen molar-refractivity contribution in [2.75, 3.05) is 0 Å². The molecule has 2 rings (SSSR count). The summed E-state index contributed by atoms with van der Waals surface area (Å²) in [5, 5.41) is 29.5. The minimum Gasteiger partial charge on any atom is -0.502 e. The van der Waals surface area contributed by atoms with E-state index >= 15 is 0 Å². The molecular weight excluding hydrogens is 250 g/mol. The number of para-hydroxylation sites is 1. The molecule has 0 aliphatic heterocycles. The van der Waals surface area contributed by atoms with Gasteiger partial charge in [-0.05, 0) is 17.7 Å². The van der Waals surface area contributed by atoms with Gasteiger partial charge >= 0.3 is 11.7 Å². The van der Waals surface area contributed by atoms with E-state index in [0.717, 1.165) is 0 Å². The maximum atomic E-state index is 10.9. The molecule has 0 radical (unpaired) electrons. The predicted molar refractivity (Wildman–Crippen MR) is 67.2 cm³/mol. The van der Waals surface area contributed by atoms with Crippen LogP contribution in [0.4, 0.5) is 5.69 Å². The molecule has 0 aliphatic carbocycles. The Bertz CT molecular complexity index is 666. The molecule has 0 atom stereocenters. The molecule has 19 heavy (non-hydrogen) atoms. The number of rotatable bonds is 3. The quantitative estimate of drug-likeness (QED) is 0.651. The van der Waals surface area contributed by atoms with Crippen molar-refractivity contribution < 1.29 is 19.9 Å². The van der Waals surface area contributed by atoms with Crippen LogP contribution in [0.25, 0.3) is 11.1 Å². The lowest BCUT2D eigenvalue weighted by Gasteiger charge is -2.06. The van der Waals surface area contributed by atoms with E-state index in [1.54, 1.807) is 6.07 Å². The lowest BCUT2D eigenvalue weighted by atomic mass is 10.0. The van der Waals surface area contributed by atoms with Crippen LogP contribution in [-0.2, 0) is 0 Å². The molecule has 0 saturated carbocycles. The Hall–Kier alpha value is -2.89. The highest BCUT2D eigenvalue weighted by Crippen LogP contribution is 2.36. The number of carboxylic acid groups (broad SMARTS) is 1. The second kappa shape index (κ2) is 4.77. The largest absolute Gasteiger partial charge is 0.502 e. The summed E-state index contributed by atoms with van der Waals surface area (Å²) in [5.74, 6) is -1.58. The van der Waals surface area contributed by atoms with Gasteiger partial charge in [-0.3, -0.25) is 10.1 Å². The van der Waals surface area contributed by atoms with E-state index in [1.165, 1.54) is 36.4 Å². The zero-order chi connectivity index (χ0) is 14.0. The van der Waals surface area contributed by atoms with Crippen molar-refractivity contribution in [1.29, 1.82) is 0 Å². The number of nitro benzene ring substituents is 1. The molecule has 0 fully saturated rings. The normalized spacial score (nSPS) is 10.1. The summed E-state index contributed by atoms with van der Waals surface area (Å²) < 4.78 is 0. The Morgan fingerprint density at radius 3 is 2.47 bits per heavy atom. The number of hydrogen-bond donors (Lipinski definition) is 2. The average molecular weight is 259 g/mol. The number of carbonyl (C=O) groups is 1. The number of nitro groups is 1. The fourth-order valence-electron chi connectivity index (χ4n) is 1.73. The highest BCUT2D eigenvalue weighted by molar-refractivity contribution is 5.90. The maximum absolute atomic E-state index is 10.9. The smallest absolute Gasteiger partial charge is 0.335 e. The minimum atomic E-state index is -1.10. The van der Waals surface area contributed by atoms with Crippen LogP contribution in [0.3, 0.4) is 0 Å². The monoisotopic (exact) mass is 259 g/mol. The number of hydrogen-bond acceptors (Lipinski definition) is 4. The topological polar surface area (TPSA) is 101 Å². The summed E-state index contributed by atoms with van der Waals surface area (Å²) in [4.78, 5) is 20.9. The Kier molecular flexibility index (Phi) is 3.15. The molecule has 6 nitrogen and oxygen atoms in total. The first kappa shape index (κ1) is 12.6. The van der Waals surface area contributed by atoms with Crippen LogP contribution in [0.5, 0.6) is 5.75 Å². The summed E-state index contributed by atoms with van der Waals surface area (Å²) in [6, 6.07) is 9.94. The third kappa shape index (κ3) is 2.37. The summed E-state index contributed by atoms with van der Waals surface area (Å²) in [6.07, 6.45) is 0. The zero-order valence-electron chi connectivity index (χ0n) is 9.61. The molecule has 0 bridgehead atoms. The summed E-state index contributed by atoms with van der Waals surface area (Å²) in [7, 11) is 0. The molecule has 0 heterocycles. The van der Waals surface area contributed by atoms with Crippen molar-refractivity contribution in [1.82, 2.24) is 0 Å². The molecule has 0 spiro atoms. The molecule has 96 valence electrons. The number of nitrogens with zero attached hydrogens (tertiary/aromatic N) is 1. The molecule has 6 heteroatoms. The van der Waals surface area contributed by atoms with Crippen molar-refractivity contribution in [3.8, 4) is 16.9 Å². The molecular formula is C13H9NO5. The van der Waals surface area contributed by atoms with Crippen LogP contribution < -0.4 is 0 Å². The van der Waals surface area contributed by atoms with Gasteiger partial charge in [0.25, 0.3) is 0 Å². The van der Waals surface area contributed by atoms with Crippen molar-refractivity contribution in [3.63, 3.8) is 0 Å². The fourth-order valence-corrected chi connectivity index (χ4v) is 1.73. The molecule has 0 aromatic heterocycles. The third-order valence-electron chi connectivity index (χ3n) is 2.63. The van der Waals surface area contributed by atoms with Gasteiger partial charge in [-0.25, -0.2) is 4.79 Å². The van der Waals surface area contributed by atoms with E-state index in [0.29, 0.717) is 5.56 Å². The molecule has 0 amide bonds. The molecule has 0 unspecified atom stereocenters. The standard InChI is InChI=1S/C13H9NO5/c15-12-10(5-2-6-11(12)14(18)19)8-3-1-4-9(7-8)13(16)17/h1-7,15H,(H,16,17). The number of phenolic OH excluding ortho intramolecular Hbond substituents is 1. The van der Waals surface area contributed by atoms with Crippen molar-refractivity contribution >= 4 is 11.7 Å². The first-order valence-electron chi connectivity index (χ1n) is 5.31. The van der Waals surface area contributed by atoms with Crippen molar-refractivity contribution in [2.24, 2.45) is 0 Å². The fraction of sp³-hybridized carbons (Fsp3) is 0. The number of phenols is 1. The van der Waals surface area contributed by atoms with Gasteiger partial charge in [-0.15, -0.1) is 0 Å². The van der Waals surface area contributed by atoms with Crippen LogP contribution in [0.1, 0.15) is 10.4 Å². The highest BCUT2D eigenvalue weighted by atomic mass is 16.6. The van der Waals surface area contributed by atoms with Gasteiger partial charge in [-0.2, -0.15) is 0 Å². The maximum Gasteiger partial charge on any atom is 0.335 e. The van der Waals surface area contributed by atoms with E-state index in [2.05, 4.69) is 0 Å². The van der Waals surface area contributed by atoms with Gasteiger partial charge in [0.15, 0.2) is 0 Å². The van der Waals surface area contributed by atoms with Gasteiger partial charge in [0.05, 0.1) is 10.5 Å². The van der Waals surface area contributed by atoms with Gasteiger partial charge in [-0.1, -0.05) is 24.3 Å². The van der Waals surface area contributed by atoms with Gasteiger partial charge in [0.1, 0.15) is 0 Å². The lowest BCUT2D eigenvalue weighted by Crippen LogP contribution is -1.96. The second-order valence-electron chi connectivity index (χ2n) is 3.82. The van der Waals surface area contributed by atoms with Gasteiger partial charge in [0, 0.05) is 11.6 Å². The van der Waals surface area contributed by atoms with Crippen LogP contribution >= 0.6 is 0 Å². The summed E-state index contributed by atoms with van der Waals surface area (Å²) >= 11 is 0. The minimum absolute atomic E-state index is 0.0448. The van der Waals surface area contributed by atoms with Crippen molar-refractivity contribution in [3.05, 3.63) is 58.1 Å². The SMILES string of the molecule is O=C(O)c1cccc(-c2cccc([N+](=O)[O-])c2O)c1. The van der Waals surface area contributed by atoms with E-state index in [-0.39, 0.29) is 11.1 Å². The Morgan fingerprint density at radius 2 is 1.84 bits per heavy atom. The van der Waals surface area contributed by atoms with E-state index in [9.17, 15) is 20.0 Å². The van der Waals surface area contributed by atoms with Gasteiger partial charge < -0.3 is 10.2 Å². The first-order chi connectivity index (χ1) is 9.00. The number of aromatic hydroxyl groups is 1. The van der Waals surface area contributed by atoms with E-state index in [4.69, 9.17) is 5.11 Å². The third-order valence-corrected chi connectivity index (χ3v) is 2.63. The molecule has 0 aliphatic rings. The molecule has 2 N–H and O–H groups in total. The first-order valence-corrected chi connectivity index (χ1v) is 5.31. The summed E-state index contributed by atoms with van der Waals surface area (Å²) in [6.45, 7) is 0. The molecule has 0 saturated heterocycles. The van der Waals surface area contributed by atoms with Crippen LogP contribution in [0.2, 0.25) is 0 Å². The lowest BCUT2D eigenvalue weighted by molar-refractivity contribution is -0.385. The van der Waals surface area contributed by atoms with Crippen molar-refractivity contribution in [2.45, 2.75) is 0 Å². The molecule has 2 aromatic carbocycles. The summed E-state index contributed by atoms with van der Waals surface area (Å²) in [5.41, 5.74) is 0.250. The predicted octanol–water partition coefficient (Wildman–Crippen LogP) is 2.67. The Morgan fingerprint density at radius 1 is 1.16 bits per heavy atom. The second-order valence-corrected chi connectivity index (χ2v) is 3.82.